The molecule has 0 saturated heterocycles. The number of carbonyl (C=O) groups excluding carboxylic acids is 2. The van der Waals surface area contributed by atoms with Gasteiger partial charge in [0.15, 0.2) is 0 Å². The van der Waals surface area contributed by atoms with Gasteiger partial charge in [0.1, 0.15) is 12.4 Å². The van der Waals surface area contributed by atoms with Gasteiger partial charge in [0.05, 0.1) is 13.2 Å². The minimum atomic E-state index is -1.67. The number of benzene rings is 2. The largest absolute Gasteiger partial charge is 0.489 e. The molecule has 0 heterocycles. The third-order valence-electron chi connectivity index (χ3n) is 4.55. The topological polar surface area (TPSA) is 61.8 Å². The van der Waals surface area contributed by atoms with Crippen molar-refractivity contribution in [2.45, 2.75) is 19.3 Å². The first-order valence-electron chi connectivity index (χ1n) is 9.07. The Bertz CT molecular complexity index is 883. The van der Waals surface area contributed by atoms with Gasteiger partial charge in [0, 0.05) is 10.6 Å². The smallest absolute Gasteiger partial charge is 0.332 e. The molecular formula is C22H21ClO5. The first-order chi connectivity index (χ1) is 13.5. The lowest BCUT2D eigenvalue weighted by Gasteiger charge is -2.29. The molecule has 0 saturated carbocycles. The van der Waals surface area contributed by atoms with Crippen molar-refractivity contribution in [3.8, 4) is 5.75 Å². The van der Waals surface area contributed by atoms with E-state index in [1.807, 2.05) is 12.1 Å². The molecule has 28 heavy (non-hydrogen) atoms. The Kier molecular flexibility index (Phi) is 6.05. The van der Waals surface area contributed by atoms with Crippen LogP contribution in [0.15, 0.2) is 54.1 Å². The second-order valence-electron chi connectivity index (χ2n) is 6.19. The number of fused-ring (bicyclic) bond motifs is 1. The van der Waals surface area contributed by atoms with E-state index >= 15 is 0 Å². The molecule has 0 aromatic heterocycles. The van der Waals surface area contributed by atoms with Crippen LogP contribution in [-0.2, 0) is 24.5 Å². The van der Waals surface area contributed by atoms with Gasteiger partial charge >= 0.3 is 11.9 Å². The van der Waals surface area contributed by atoms with E-state index in [1.165, 1.54) is 0 Å². The van der Waals surface area contributed by atoms with Crippen LogP contribution in [0, 0.1) is 0 Å². The summed E-state index contributed by atoms with van der Waals surface area (Å²) in [5, 5.41) is 0.590. The molecule has 6 heteroatoms. The fourth-order valence-electron chi connectivity index (χ4n) is 3.32. The molecule has 2 aromatic carbocycles. The SMILES string of the molecule is CCOC(=O)C1(C(=O)OCC)C(COc2ccc(Cl)cc2)=Cc2ccccc21. The van der Waals surface area contributed by atoms with E-state index < -0.39 is 17.4 Å². The lowest BCUT2D eigenvalue weighted by atomic mass is 9.77. The Morgan fingerprint density at radius 3 is 2.14 bits per heavy atom. The molecule has 0 atom stereocenters. The molecular weight excluding hydrogens is 380 g/mol. The molecule has 1 aliphatic rings. The van der Waals surface area contributed by atoms with Gasteiger partial charge in [-0.25, -0.2) is 0 Å². The number of halogens is 1. The van der Waals surface area contributed by atoms with Gasteiger partial charge in [0.25, 0.3) is 0 Å². The third-order valence-corrected chi connectivity index (χ3v) is 4.80. The highest BCUT2D eigenvalue weighted by Crippen LogP contribution is 2.44. The molecule has 5 nitrogen and oxygen atoms in total. The Hall–Kier alpha value is -2.79. The van der Waals surface area contributed by atoms with E-state index in [9.17, 15) is 9.59 Å². The van der Waals surface area contributed by atoms with E-state index in [2.05, 4.69) is 0 Å². The van der Waals surface area contributed by atoms with Gasteiger partial charge < -0.3 is 14.2 Å². The fourth-order valence-corrected chi connectivity index (χ4v) is 3.45. The molecule has 146 valence electrons. The van der Waals surface area contributed by atoms with Crippen molar-refractivity contribution in [3.05, 3.63) is 70.3 Å². The van der Waals surface area contributed by atoms with Crippen molar-refractivity contribution in [2.75, 3.05) is 19.8 Å². The summed E-state index contributed by atoms with van der Waals surface area (Å²) < 4.78 is 16.4. The Balaban J connectivity index is 2.03. The number of esters is 2. The van der Waals surface area contributed by atoms with Crippen molar-refractivity contribution in [2.24, 2.45) is 0 Å². The molecule has 0 N–H and O–H groups in total. The first-order valence-corrected chi connectivity index (χ1v) is 9.45. The van der Waals surface area contributed by atoms with Gasteiger partial charge in [-0.15, -0.1) is 0 Å². The summed E-state index contributed by atoms with van der Waals surface area (Å²) in [6.07, 6.45) is 1.79. The highest BCUT2D eigenvalue weighted by molar-refractivity contribution is 6.30. The summed E-state index contributed by atoms with van der Waals surface area (Å²) in [6.45, 7) is 3.71. The van der Waals surface area contributed by atoms with Crippen LogP contribution >= 0.6 is 11.6 Å². The summed E-state index contributed by atoms with van der Waals surface area (Å²) >= 11 is 5.91. The molecule has 1 aliphatic carbocycles. The number of ether oxygens (including phenoxy) is 3. The van der Waals surface area contributed by atoms with Crippen LogP contribution in [0.5, 0.6) is 5.75 Å². The Morgan fingerprint density at radius 1 is 0.929 bits per heavy atom. The van der Waals surface area contributed by atoms with Gasteiger partial charge in [0.2, 0.25) is 5.41 Å². The number of rotatable bonds is 7. The number of carbonyl (C=O) groups is 2. The molecule has 0 bridgehead atoms. The maximum Gasteiger partial charge on any atom is 0.332 e. The Morgan fingerprint density at radius 2 is 1.54 bits per heavy atom. The first kappa shape index (κ1) is 20.0. The second kappa shape index (κ2) is 8.48. The lowest BCUT2D eigenvalue weighted by Crippen LogP contribution is -2.47. The van der Waals surface area contributed by atoms with Crippen molar-refractivity contribution < 1.29 is 23.8 Å². The summed E-state index contributed by atoms with van der Waals surface area (Å²) in [7, 11) is 0. The van der Waals surface area contributed by atoms with E-state index in [4.69, 9.17) is 25.8 Å². The second-order valence-corrected chi connectivity index (χ2v) is 6.63. The monoisotopic (exact) mass is 400 g/mol. The average molecular weight is 401 g/mol. The zero-order chi connectivity index (χ0) is 20.1. The molecule has 0 fully saturated rings. The van der Waals surface area contributed by atoms with Crippen LogP contribution in [0.25, 0.3) is 6.08 Å². The van der Waals surface area contributed by atoms with Crippen molar-refractivity contribution >= 4 is 29.6 Å². The fraction of sp³-hybridized carbons (Fsp3) is 0.273. The van der Waals surface area contributed by atoms with Crippen LogP contribution in [0.1, 0.15) is 25.0 Å². The zero-order valence-electron chi connectivity index (χ0n) is 15.7. The van der Waals surface area contributed by atoms with E-state index in [0.29, 0.717) is 21.9 Å². The summed E-state index contributed by atoms with van der Waals surface area (Å²) in [6, 6.07) is 14.1. The minimum absolute atomic E-state index is 0.0218. The number of hydrogen-bond donors (Lipinski definition) is 0. The molecule has 2 aromatic rings. The maximum absolute atomic E-state index is 13.1. The minimum Gasteiger partial charge on any atom is -0.489 e. The maximum atomic E-state index is 13.1. The normalized spacial score (nSPS) is 14.0. The van der Waals surface area contributed by atoms with Crippen LogP contribution in [0.3, 0.4) is 0 Å². The van der Waals surface area contributed by atoms with Gasteiger partial charge in [-0.05, 0) is 55.3 Å². The lowest BCUT2D eigenvalue weighted by molar-refractivity contribution is -0.162. The van der Waals surface area contributed by atoms with Gasteiger partial charge in [-0.1, -0.05) is 35.9 Å². The standard InChI is InChI=1S/C22H21ClO5/c1-3-26-20(24)22(21(25)27-4-2)16(13-15-7-5-6-8-19(15)22)14-28-18-11-9-17(23)10-12-18/h5-13H,3-4,14H2,1-2H3. The molecule has 0 spiro atoms. The highest BCUT2D eigenvalue weighted by Gasteiger charge is 2.57. The van der Waals surface area contributed by atoms with E-state index in [-0.39, 0.29) is 19.8 Å². The van der Waals surface area contributed by atoms with Crippen LogP contribution in [0.4, 0.5) is 0 Å². The highest BCUT2D eigenvalue weighted by atomic mass is 35.5. The van der Waals surface area contributed by atoms with Crippen molar-refractivity contribution in [1.29, 1.82) is 0 Å². The number of hydrogen-bond acceptors (Lipinski definition) is 5. The third kappa shape index (κ3) is 3.50. The van der Waals surface area contributed by atoms with Crippen molar-refractivity contribution in [3.63, 3.8) is 0 Å². The van der Waals surface area contributed by atoms with Crippen LogP contribution in [0.2, 0.25) is 5.02 Å². The average Bonchev–Trinajstić information content (AvgIpc) is 3.03. The predicted molar refractivity (Wildman–Crippen MR) is 106 cm³/mol. The quantitative estimate of drug-likeness (QED) is 0.515. The van der Waals surface area contributed by atoms with Crippen LogP contribution < -0.4 is 4.74 Å². The molecule has 0 aliphatic heterocycles. The molecule has 0 radical (unpaired) electrons. The molecule has 0 unspecified atom stereocenters. The van der Waals surface area contributed by atoms with Gasteiger partial charge in [-0.3, -0.25) is 9.59 Å². The summed E-state index contributed by atoms with van der Waals surface area (Å²) in [5.41, 5.74) is 0.107. The predicted octanol–water partition coefficient (Wildman–Crippen LogP) is 4.18. The summed E-state index contributed by atoms with van der Waals surface area (Å²) in [4.78, 5) is 26.2. The van der Waals surface area contributed by atoms with Crippen molar-refractivity contribution in [1.82, 2.24) is 0 Å². The molecule has 0 amide bonds. The molecule has 3 rings (SSSR count). The van der Waals surface area contributed by atoms with E-state index in [0.717, 1.165) is 5.56 Å². The summed E-state index contributed by atoms with van der Waals surface area (Å²) in [5.74, 6) is -0.753. The van der Waals surface area contributed by atoms with Crippen LogP contribution in [-0.4, -0.2) is 31.8 Å². The Labute approximate surface area is 168 Å². The van der Waals surface area contributed by atoms with E-state index in [1.54, 1.807) is 56.3 Å². The zero-order valence-corrected chi connectivity index (χ0v) is 16.5. The van der Waals surface area contributed by atoms with Gasteiger partial charge in [-0.2, -0.15) is 0 Å².